The summed E-state index contributed by atoms with van der Waals surface area (Å²) in [6.07, 6.45) is -0.459. The van der Waals surface area contributed by atoms with Crippen molar-refractivity contribution in [2.75, 3.05) is 24.3 Å². The molecule has 0 spiro atoms. The first-order chi connectivity index (χ1) is 16.5. The Kier molecular flexibility index (Phi) is 7.00. The molecular formula is C21H29N7O4S2. The second-order valence-corrected chi connectivity index (χ2v) is 10.7. The molecule has 0 aromatic carbocycles. The van der Waals surface area contributed by atoms with Crippen LogP contribution in [0, 0.1) is 6.92 Å². The maximum atomic E-state index is 10.7. The number of hydrogen-bond acceptors (Lipinski definition) is 12. The molecule has 4 N–H and O–H groups in total. The van der Waals surface area contributed by atoms with Crippen LogP contribution < -0.4 is 5.32 Å². The first-order valence-electron chi connectivity index (χ1n) is 11.5. The van der Waals surface area contributed by atoms with E-state index in [-0.39, 0.29) is 19.3 Å². The second kappa shape index (κ2) is 9.99. The zero-order valence-corrected chi connectivity index (χ0v) is 20.7. The van der Waals surface area contributed by atoms with Crippen LogP contribution in [0.1, 0.15) is 48.7 Å². The van der Waals surface area contributed by atoms with Gasteiger partial charge in [-0.2, -0.15) is 0 Å². The Bertz CT molecular complexity index is 1140. The molecule has 0 aliphatic heterocycles. The van der Waals surface area contributed by atoms with Crippen molar-refractivity contribution in [3.8, 4) is 0 Å². The third kappa shape index (κ3) is 4.52. The highest BCUT2D eigenvalue weighted by molar-refractivity contribution is 7.99. The van der Waals surface area contributed by atoms with Gasteiger partial charge in [0, 0.05) is 29.0 Å². The standard InChI is InChI=1S/C21H29N7O4S2/c1-3-6-33-21-24-19(23-12-7-11(12)18-10(2)22-9-34-18)15-20(25-21)28(27-26-15)13-8-14(32-5-4-29)17(31)16(13)30/h9,11-14,16-17,29-31H,3-8H2,1-2H3,(H,23,24,25)/t11-,12-,13-,14+,16+,17-/m1/s1. The van der Waals surface area contributed by atoms with Gasteiger partial charge in [-0.25, -0.2) is 19.6 Å². The molecule has 5 rings (SSSR count). The van der Waals surface area contributed by atoms with E-state index in [1.165, 1.54) is 4.88 Å². The van der Waals surface area contributed by atoms with Crippen LogP contribution in [0.2, 0.25) is 0 Å². The van der Waals surface area contributed by atoms with Crippen molar-refractivity contribution >= 4 is 40.1 Å². The van der Waals surface area contributed by atoms with Gasteiger partial charge in [-0.1, -0.05) is 23.9 Å². The second-order valence-electron chi connectivity index (χ2n) is 8.72. The van der Waals surface area contributed by atoms with Crippen molar-refractivity contribution in [2.24, 2.45) is 0 Å². The van der Waals surface area contributed by atoms with Gasteiger partial charge in [0.2, 0.25) is 0 Å². The summed E-state index contributed by atoms with van der Waals surface area (Å²) in [5, 5.41) is 43.0. The predicted molar refractivity (Wildman–Crippen MR) is 128 cm³/mol. The van der Waals surface area contributed by atoms with Crippen molar-refractivity contribution in [1.82, 2.24) is 29.9 Å². The van der Waals surface area contributed by atoms with Gasteiger partial charge in [0.1, 0.15) is 12.2 Å². The highest BCUT2D eigenvalue weighted by atomic mass is 32.2. The number of thioether (sulfide) groups is 1. The van der Waals surface area contributed by atoms with E-state index in [1.54, 1.807) is 27.8 Å². The number of hydrogen-bond donors (Lipinski definition) is 4. The SMILES string of the molecule is CCCSc1nc(N[C@@H]2C[C@H]2c2scnc2C)c2nnn([C@@H]3C[C@H](OCCO)[C@@H](O)[C@H]3O)c2n1. The molecule has 6 atom stereocenters. The molecule has 13 heteroatoms. The molecule has 0 bridgehead atoms. The van der Waals surface area contributed by atoms with Crippen molar-refractivity contribution in [1.29, 1.82) is 0 Å². The fourth-order valence-electron chi connectivity index (χ4n) is 4.46. The Hall–Kier alpha value is -1.90. The Morgan fingerprint density at radius 3 is 2.85 bits per heavy atom. The van der Waals surface area contributed by atoms with Gasteiger partial charge in [0.05, 0.1) is 36.6 Å². The van der Waals surface area contributed by atoms with E-state index in [4.69, 9.17) is 19.8 Å². The summed E-state index contributed by atoms with van der Waals surface area (Å²) in [7, 11) is 0. The summed E-state index contributed by atoms with van der Waals surface area (Å²) < 4.78 is 7.09. The van der Waals surface area contributed by atoms with Gasteiger partial charge >= 0.3 is 0 Å². The average Bonchev–Trinajstić information content (AvgIpc) is 3.12. The molecule has 11 nitrogen and oxygen atoms in total. The Balaban J connectivity index is 1.44. The van der Waals surface area contributed by atoms with E-state index >= 15 is 0 Å². The van der Waals surface area contributed by atoms with Crippen LogP contribution in [0.15, 0.2) is 10.7 Å². The number of aromatic nitrogens is 6. The van der Waals surface area contributed by atoms with Gasteiger partial charge < -0.3 is 25.4 Å². The lowest BCUT2D eigenvalue weighted by atomic mass is 10.2. The zero-order chi connectivity index (χ0) is 23.8. The zero-order valence-electron chi connectivity index (χ0n) is 19.0. The Morgan fingerprint density at radius 1 is 1.26 bits per heavy atom. The number of nitrogens with zero attached hydrogens (tertiary/aromatic N) is 6. The largest absolute Gasteiger partial charge is 0.394 e. The van der Waals surface area contributed by atoms with Crippen LogP contribution in [0.5, 0.6) is 0 Å². The maximum Gasteiger partial charge on any atom is 0.191 e. The van der Waals surface area contributed by atoms with Crippen molar-refractivity contribution in [3.63, 3.8) is 0 Å². The van der Waals surface area contributed by atoms with E-state index in [0.717, 1.165) is 24.3 Å². The fourth-order valence-corrected chi connectivity index (χ4v) is 6.13. The molecule has 0 amide bonds. The lowest BCUT2D eigenvalue weighted by Gasteiger charge is -2.17. The number of nitrogens with one attached hydrogen (secondary N) is 1. The number of aliphatic hydroxyl groups is 3. The van der Waals surface area contributed by atoms with Crippen molar-refractivity contribution < 1.29 is 20.1 Å². The van der Waals surface area contributed by atoms with Crippen molar-refractivity contribution in [3.05, 3.63) is 16.1 Å². The topological polar surface area (TPSA) is 151 Å². The minimum atomic E-state index is -1.09. The Morgan fingerprint density at radius 2 is 2.12 bits per heavy atom. The number of ether oxygens (including phenoxy) is 1. The third-order valence-electron chi connectivity index (χ3n) is 6.31. The quantitative estimate of drug-likeness (QED) is 0.233. The first-order valence-corrected chi connectivity index (χ1v) is 13.4. The van der Waals surface area contributed by atoms with Gasteiger partial charge in [-0.05, 0) is 19.8 Å². The highest BCUT2D eigenvalue weighted by Gasteiger charge is 2.45. The normalized spacial score (nSPS) is 28.6. The third-order valence-corrected chi connectivity index (χ3v) is 8.42. The molecule has 0 unspecified atom stereocenters. The van der Waals surface area contributed by atoms with Gasteiger partial charge in [0.15, 0.2) is 22.1 Å². The molecule has 2 saturated carbocycles. The predicted octanol–water partition coefficient (Wildman–Crippen LogP) is 1.50. The molecule has 184 valence electrons. The molecule has 3 heterocycles. The molecule has 34 heavy (non-hydrogen) atoms. The fraction of sp³-hybridized carbons (Fsp3) is 0.667. The molecule has 0 radical (unpaired) electrons. The van der Waals surface area contributed by atoms with E-state index in [0.29, 0.717) is 34.5 Å². The lowest BCUT2D eigenvalue weighted by molar-refractivity contribution is -0.0629. The van der Waals surface area contributed by atoms with Crippen LogP contribution in [-0.4, -0.2) is 88.6 Å². The molecule has 2 aliphatic carbocycles. The van der Waals surface area contributed by atoms with Crippen LogP contribution in [0.25, 0.3) is 11.2 Å². The minimum Gasteiger partial charge on any atom is -0.394 e. The number of aryl methyl sites for hydroxylation is 1. The van der Waals surface area contributed by atoms with Gasteiger partial charge in [-0.3, -0.25) is 0 Å². The van der Waals surface area contributed by atoms with Crippen LogP contribution >= 0.6 is 23.1 Å². The maximum absolute atomic E-state index is 10.7. The summed E-state index contributed by atoms with van der Waals surface area (Å²) >= 11 is 3.24. The Labute approximate surface area is 205 Å². The van der Waals surface area contributed by atoms with Crippen molar-refractivity contribution in [2.45, 2.75) is 74.6 Å². The molecule has 0 saturated heterocycles. The average molecular weight is 508 g/mol. The summed E-state index contributed by atoms with van der Waals surface area (Å²) in [6.45, 7) is 4.08. The summed E-state index contributed by atoms with van der Waals surface area (Å²) in [4.78, 5) is 15.1. The monoisotopic (exact) mass is 507 g/mol. The molecule has 2 aliphatic rings. The first kappa shape index (κ1) is 23.8. The molecule has 3 aromatic rings. The van der Waals surface area contributed by atoms with E-state index in [9.17, 15) is 10.2 Å². The van der Waals surface area contributed by atoms with Crippen LogP contribution in [0.4, 0.5) is 5.82 Å². The van der Waals surface area contributed by atoms with E-state index in [1.807, 2.05) is 12.4 Å². The summed E-state index contributed by atoms with van der Waals surface area (Å²) in [6, 6.07) is -0.314. The van der Waals surface area contributed by atoms with Gasteiger partial charge in [0.25, 0.3) is 0 Å². The van der Waals surface area contributed by atoms with Crippen LogP contribution in [0.3, 0.4) is 0 Å². The number of rotatable bonds is 10. The number of anilines is 1. The summed E-state index contributed by atoms with van der Waals surface area (Å²) in [5.74, 6) is 1.90. The van der Waals surface area contributed by atoms with E-state index < -0.39 is 24.4 Å². The highest BCUT2D eigenvalue weighted by Crippen LogP contribution is 2.46. The van der Waals surface area contributed by atoms with Crippen LogP contribution in [-0.2, 0) is 4.74 Å². The smallest absolute Gasteiger partial charge is 0.191 e. The number of aliphatic hydroxyl groups excluding tert-OH is 3. The number of fused-ring (bicyclic) bond motifs is 1. The minimum absolute atomic E-state index is 0.0924. The lowest BCUT2D eigenvalue weighted by Crippen LogP contribution is -2.33. The number of thiazole rings is 1. The molecule has 2 fully saturated rings. The molecular weight excluding hydrogens is 478 g/mol. The molecule has 3 aromatic heterocycles. The van der Waals surface area contributed by atoms with Gasteiger partial charge in [-0.15, -0.1) is 16.4 Å². The summed E-state index contributed by atoms with van der Waals surface area (Å²) in [5.41, 5.74) is 4.01. The van der Waals surface area contributed by atoms with E-state index in [2.05, 4.69) is 27.5 Å².